The molecule has 1 heterocycles. The fourth-order valence-corrected chi connectivity index (χ4v) is 10.4. The van der Waals surface area contributed by atoms with Gasteiger partial charge in [-0.25, -0.2) is 4.79 Å². The average Bonchev–Trinajstić information content (AvgIpc) is 3.44. The van der Waals surface area contributed by atoms with Crippen LogP contribution in [0.5, 0.6) is 0 Å². The van der Waals surface area contributed by atoms with Crippen LogP contribution in [0.4, 0.5) is 0 Å². The molecular weight excluding hydrogens is 512 g/mol. The van der Waals surface area contributed by atoms with Crippen LogP contribution in [-0.4, -0.2) is 30.8 Å². The van der Waals surface area contributed by atoms with E-state index < -0.39 is 0 Å². The van der Waals surface area contributed by atoms with Crippen molar-refractivity contribution in [1.29, 1.82) is 0 Å². The van der Waals surface area contributed by atoms with Gasteiger partial charge >= 0.3 is 11.9 Å². The van der Waals surface area contributed by atoms with Crippen molar-refractivity contribution in [2.45, 2.75) is 111 Å². The molecule has 0 saturated heterocycles. The summed E-state index contributed by atoms with van der Waals surface area (Å²) in [5, 5.41) is 0. The van der Waals surface area contributed by atoms with E-state index in [1.54, 1.807) is 0 Å². The second-order valence-electron chi connectivity index (χ2n) is 14.8. The molecule has 41 heavy (non-hydrogen) atoms. The van der Waals surface area contributed by atoms with Crippen LogP contribution in [0.15, 0.2) is 41.7 Å². The smallest absolute Gasteiger partial charge is 0.338 e. The SMILES string of the molecule is CC(=O)OC[C@H](C)CCC1=C(C)[C@H]2[C@@H](C[C@H]3[C@@H]4CC[C@H]5C[C@H](OC(=O)c6ccccc6)CC[C@]5(C)[C@H]4CC[C@@]32C)O1. The largest absolute Gasteiger partial charge is 0.494 e. The van der Waals surface area contributed by atoms with E-state index in [1.165, 1.54) is 56.8 Å². The van der Waals surface area contributed by atoms with Crippen LogP contribution in [0.25, 0.3) is 0 Å². The summed E-state index contributed by atoms with van der Waals surface area (Å²) in [5.74, 6) is 4.69. The maximum atomic E-state index is 12.8. The molecule has 1 aromatic rings. The maximum absolute atomic E-state index is 12.8. The van der Waals surface area contributed by atoms with Crippen LogP contribution in [0.2, 0.25) is 0 Å². The summed E-state index contributed by atoms with van der Waals surface area (Å²) in [7, 11) is 0. The zero-order valence-corrected chi connectivity index (χ0v) is 25.8. The van der Waals surface area contributed by atoms with E-state index in [4.69, 9.17) is 14.2 Å². The van der Waals surface area contributed by atoms with Crippen molar-refractivity contribution in [3.8, 4) is 0 Å². The molecule has 224 valence electrons. The monoisotopic (exact) mass is 562 g/mol. The van der Waals surface area contributed by atoms with Gasteiger partial charge in [-0.2, -0.15) is 0 Å². The lowest BCUT2D eigenvalue weighted by Crippen LogP contribution is -2.54. The molecule has 4 fully saturated rings. The summed E-state index contributed by atoms with van der Waals surface area (Å²) in [4.78, 5) is 23.9. The quantitative estimate of drug-likeness (QED) is 0.314. The minimum absolute atomic E-state index is 0.0494. The minimum Gasteiger partial charge on any atom is -0.494 e. The highest BCUT2D eigenvalue weighted by atomic mass is 16.5. The van der Waals surface area contributed by atoms with Gasteiger partial charge in [0.25, 0.3) is 0 Å². The van der Waals surface area contributed by atoms with Gasteiger partial charge in [-0.3, -0.25) is 4.79 Å². The van der Waals surface area contributed by atoms with E-state index in [-0.39, 0.29) is 18.0 Å². The normalized spacial score (nSPS) is 40.0. The first-order valence-electron chi connectivity index (χ1n) is 16.4. The number of benzene rings is 1. The number of hydrogen-bond donors (Lipinski definition) is 0. The van der Waals surface area contributed by atoms with Crippen molar-refractivity contribution in [1.82, 2.24) is 0 Å². The molecule has 0 spiro atoms. The van der Waals surface area contributed by atoms with Gasteiger partial charge in [-0.05, 0) is 123 Å². The van der Waals surface area contributed by atoms with Crippen molar-refractivity contribution in [2.75, 3.05) is 6.61 Å². The first-order valence-corrected chi connectivity index (χ1v) is 16.4. The molecule has 6 rings (SSSR count). The maximum Gasteiger partial charge on any atom is 0.338 e. The van der Waals surface area contributed by atoms with E-state index in [1.807, 2.05) is 30.3 Å². The minimum atomic E-state index is -0.198. The Morgan fingerprint density at radius 2 is 1.76 bits per heavy atom. The molecule has 4 aliphatic carbocycles. The predicted octanol–water partition coefficient (Wildman–Crippen LogP) is 8.13. The van der Waals surface area contributed by atoms with Gasteiger partial charge in [-0.1, -0.05) is 39.0 Å². The number of allylic oxidation sites excluding steroid dienone is 1. The Morgan fingerprint density at radius 1 is 1.00 bits per heavy atom. The fraction of sp³-hybridized carbons (Fsp3) is 0.722. The van der Waals surface area contributed by atoms with Crippen LogP contribution < -0.4 is 0 Å². The highest BCUT2D eigenvalue weighted by Crippen LogP contribution is 2.69. The molecular formula is C36H50O5. The van der Waals surface area contributed by atoms with Gasteiger partial charge in [0.2, 0.25) is 0 Å². The first kappa shape index (κ1) is 28.8. The van der Waals surface area contributed by atoms with Crippen LogP contribution in [0, 0.1) is 46.3 Å². The Morgan fingerprint density at radius 3 is 2.51 bits per heavy atom. The Balaban J connectivity index is 1.10. The number of hydrogen-bond acceptors (Lipinski definition) is 5. The van der Waals surface area contributed by atoms with Gasteiger partial charge in [0.1, 0.15) is 12.2 Å². The van der Waals surface area contributed by atoms with Gasteiger partial charge in [0.15, 0.2) is 0 Å². The number of ether oxygens (including phenoxy) is 3. The molecule has 0 unspecified atom stereocenters. The lowest BCUT2D eigenvalue weighted by molar-refractivity contribution is -0.142. The van der Waals surface area contributed by atoms with Crippen molar-refractivity contribution in [2.24, 2.45) is 46.3 Å². The summed E-state index contributed by atoms with van der Waals surface area (Å²) in [5.41, 5.74) is 2.84. The Bertz CT molecular complexity index is 1170. The standard InChI is InChI=1S/C36H50O5/c1-22(21-39-24(3)37)11-14-31-23(2)33-32(41-31)20-30-28-13-12-26-19-27(40-34(38)25-9-7-6-8-10-25)15-17-35(26,4)29(28)16-18-36(30,33)5/h6-10,22,26-30,32-33H,11-21H2,1-5H3/t22-,26+,27-,28-,29+,30+,32-,33+,35+,36+/m1/s1. The molecule has 4 saturated carbocycles. The predicted molar refractivity (Wildman–Crippen MR) is 159 cm³/mol. The highest BCUT2D eigenvalue weighted by molar-refractivity contribution is 5.89. The topological polar surface area (TPSA) is 61.8 Å². The van der Waals surface area contributed by atoms with E-state index in [2.05, 4.69) is 27.7 Å². The summed E-state index contributed by atoms with van der Waals surface area (Å²) < 4.78 is 18.0. The molecule has 10 atom stereocenters. The van der Waals surface area contributed by atoms with Crippen LogP contribution in [0.3, 0.4) is 0 Å². The first-order chi connectivity index (χ1) is 19.6. The second-order valence-corrected chi connectivity index (χ2v) is 14.8. The molecule has 1 aliphatic heterocycles. The number of fused-ring (bicyclic) bond motifs is 7. The van der Waals surface area contributed by atoms with E-state index >= 15 is 0 Å². The zero-order chi connectivity index (χ0) is 28.9. The third-order valence-electron chi connectivity index (χ3n) is 12.5. The summed E-state index contributed by atoms with van der Waals surface area (Å²) >= 11 is 0. The lowest BCUT2D eigenvalue weighted by atomic mass is 9.44. The number of carbonyl (C=O) groups excluding carboxylic acids is 2. The van der Waals surface area contributed by atoms with Crippen molar-refractivity contribution in [3.63, 3.8) is 0 Å². The molecule has 0 radical (unpaired) electrons. The lowest BCUT2D eigenvalue weighted by Gasteiger charge is -2.61. The second kappa shape index (κ2) is 11.1. The molecule has 0 aromatic heterocycles. The number of esters is 2. The average molecular weight is 563 g/mol. The molecule has 5 heteroatoms. The Kier molecular flexibility index (Phi) is 7.78. The Hall–Kier alpha value is -2.30. The van der Waals surface area contributed by atoms with Crippen LogP contribution >= 0.6 is 0 Å². The molecule has 0 amide bonds. The van der Waals surface area contributed by atoms with Crippen LogP contribution in [-0.2, 0) is 19.0 Å². The Labute approximate surface area is 246 Å². The third-order valence-corrected chi connectivity index (χ3v) is 12.5. The van der Waals surface area contributed by atoms with Gasteiger partial charge < -0.3 is 14.2 Å². The summed E-state index contributed by atoms with van der Waals surface area (Å²) in [6, 6.07) is 9.45. The van der Waals surface area contributed by atoms with E-state index in [0.717, 1.165) is 43.4 Å². The number of rotatable bonds is 7. The number of carbonyl (C=O) groups is 2. The summed E-state index contributed by atoms with van der Waals surface area (Å²) in [6.07, 6.45) is 11.9. The highest BCUT2D eigenvalue weighted by Gasteiger charge is 2.64. The van der Waals surface area contributed by atoms with Crippen molar-refractivity contribution >= 4 is 11.9 Å². The third kappa shape index (κ3) is 5.14. The molecule has 5 aliphatic rings. The summed E-state index contributed by atoms with van der Waals surface area (Å²) in [6.45, 7) is 11.6. The zero-order valence-electron chi connectivity index (χ0n) is 25.8. The molecule has 0 bridgehead atoms. The van der Waals surface area contributed by atoms with E-state index in [9.17, 15) is 9.59 Å². The van der Waals surface area contributed by atoms with Crippen LogP contribution in [0.1, 0.15) is 109 Å². The molecule has 5 nitrogen and oxygen atoms in total. The van der Waals surface area contributed by atoms with E-state index in [0.29, 0.717) is 46.9 Å². The van der Waals surface area contributed by atoms with Crippen molar-refractivity contribution < 1.29 is 23.8 Å². The van der Waals surface area contributed by atoms with Crippen molar-refractivity contribution in [3.05, 3.63) is 47.2 Å². The molecule has 0 N–H and O–H groups in total. The molecule has 1 aromatic carbocycles. The van der Waals surface area contributed by atoms with Gasteiger partial charge in [-0.15, -0.1) is 0 Å². The van der Waals surface area contributed by atoms with Gasteiger partial charge in [0.05, 0.1) is 17.9 Å². The fourth-order valence-electron chi connectivity index (χ4n) is 10.4. The van der Waals surface area contributed by atoms with Gasteiger partial charge in [0, 0.05) is 19.3 Å².